The van der Waals surface area contributed by atoms with Crippen molar-refractivity contribution < 1.29 is 9.84 Å². The topological polar surface area (TPSA) is 74.6 Å². The van der Waals surface area contributed by atoms with Crippen LogP contribution in [0.3, 0.4) is 0 Å². The highest BCUT2D eigenvalue weighted by molar-refractivity contribution is 7.16. The van der Waals surface area contributed by atoms with E-state index >= 15 is 0 Å². The van der Waals surface area contributed by atoms with Gasteiger partial charge >= 0.3 is 0 Å². The summed E-state index contributed by atoms with van der Waals surface area (Å²) in [6, 6.07) is 6.95. The number of piperazine rings is 1. The molecule has 0 aliphatic carbocycles. The number of hydrogen-bond acceptors (Lipinski definition) is 8. The monoisotopic (exact) mass is 397 g/mol. The molecule has 0 radical (unpaired) electrons. The largest absolute Gasteiger partial charge is 0.380 e. The van der Waals surface area contributed by atoms with Gasteiger partial charge in [0.15, 0.2) is 0 Å². The Morgan fingerprint density at radius 1 is 1.11 bits per heavy atom. The number of aromatic nitrogens is 3. The van der Waals surface area contributed by atoms with Crippen molar-refractivity contribution in [2.75, 3.05) is 44.3 Å². The first-order chi connectivity index (χ1) is 13.6. The highest BCUT2D eigenvalue weighted by atomic mass is 32.1. The van der Waals surface area contributed by atoms with Crippen LogP contribution in [0.4, 0.5) is 5.95 Å². The molecule has 1 atom stereocenters. The van der Waals surface area contributed by atoms with E-state index in [1.54, 1.807) is 23.7 Å². The van der Waals surface area contributed by atoms with Crippen LogP contribution in [0.1, 0.15) is 24.1 Å². The van der Waals surface area contributed by atoms with E-state index in [4.69, 9.17) is 4.74 Å². The van der Waals surface area contributed by atoms with Crippen molar-refractivity contribution in [3.63, 3.8) is 0 Å². The van der Waals surface area contributed by atoms with Crippen LogP contribution in [0.15, 0.2) is 36.1 Å². The summed E-state index contributed by atoms with van der Waals surface area (Å²) >= 11 is 1.68. The maximum Gasteiger partial charge on any atom is 0.225 e. The van der Waals surface area contributed by atoms with Crippen molar-refractivity contribution in [1.82, 2.24) is 19.9 Å². The van der Waals surface area contributed by atoms with E-state index in [9.17, 15) is 5.11 Å². The fourth-order valence-corrected chi connectivity index (χ4v) is 4.50. The lowest BCUT2D eigenvalue weighted by molar-refractivity contribution is -0.184. The molecule has 2 aromatic heterocycles. The lowest BCUT2D eigenvalue weighted by Gasteiger charge is -2.39. The third-order valence-electron chi connectivity index (χ3n) is 5.84. The summed E-state index contributed by atoms with van der Waals surface area (Å²) in [4.78, 5) is 18.1. The molecule has 1 aromatic carbocycles. The van der Waals surface area contributed by atoms with Gasteiger partial charge in [-0.25, -0.2) is 15.0 Å². The van der Waals surface area contributed by atoms with Crippen LogP contribution in [0.5, 0.6) is 0 Å². The number of benzene rings is 1. The molecule has 0 bridgehead atoms. The first kappa shape index (κ1) is 17.9. The van der Waals surface area contributed by atoms with E-state index in [1.807, 2.05) is 5.51 Å². The molecular weight excluding hydrogens is 374 g/mol. The second-order valence-electron chi connectivity index (χ2n) is 7.57. The number of hydrogen-bond donors (Lipinski definition) is 1. The molecule has 0 saturated carbocycles. The van der Waals surface area contributed by atoms with Gasteiger partial charge in [-0.15, -0.1) is 11.3 Å². The van der Waals surface area contributed by atoms with Gasteiger partial charge in [0.2, 0.25) is 5.95 Å². The maximum absolute atomic E-state index is 10.3. The third-order valence-corrected chi connectivity index (χ3v) is 6.65. The van der Waals surface area contributed by atoms with Crippen LogP contribution in [0.25, 0.3) is 10.2 Å². The van der Waals surface area contributed by atoms with Gasteiger partial charge < -0.3 is 14.7 Å². The standard InChI is InChI=1S/C20H23N5O2S/c1-14(15-2-3-18-17(8-15)23-13-28-18)24-4-6-25(7-5-24)19-21-9-16(10-22-19)20(26)11-27-12-20/h2-3,8-10,13-14,26H,4-7,11-12H2,1H3. The minimum atomic E-state index is -0.912. The molecule has 2 aliphatic rings. The lowest BCUT2D eigenvalue weighted by atomic mass is 9.95. The average Bonchev–Trinajstić information content (AvgIpc) is 3.19. The summed E-state index contributed by atoms with van der Waals surface area (Å²) in [5.41, 5.74) is 4.11. The Balaban J connectivity index is 1.23. The van der Waals surface area contributed by atoms with E-state index in [2.05, 4.69) is 49.9 Å². The molecule has 2 saturated heterocycles. The van der Waals surface area contributed by atoms with Gasteiger partial charge in [0.05, 0.1) is 28.9 Å². The van der Waals surface area contributed by atoms with E-state index < -0.39 is 5.60 Å². The van der Waals surface area contributed by atoms with Crippen molar-refractivity contribution in [3.8, 4) is 0 Å². The predicted molar refractivity (Wildman–Crippen MR) is 109 cm³/mol. The van der Waals surface area contributed by atoms with Gasteiger partial charge in [-0.3, -0.25) is 4.90 Å². The van der Waals surface area contributed by atoms with Gasteiger partial charge in [-0.05, 0) is 24.6 Å². The Labute approximate surface area is 167 Å². The quantitative estimate of drug-likeness (QED) is 0.723. The van der Waals surface area contributed by atoms with Gasteiger partial charge in [0.25, 0.3) is 0 Å². The number of rotatable bonds is 4. The van der Waals surface area contributed by atoms with Crippen LogP contribution < -0.4 is 4.90 Å². The van der Waals surface area contributed by atoms with Crippen LogP contribution in [0, 0.1) is 0 Å². The number of nitrogens with zero attached hydrogens (tertiary/aromatic N) is 5. The Bertz CT molecular complexity index is 964. The smallest absolute Gasteiger partial charge is 0.225 e. The molecule has 7 nitrogen and oxygen atoms in total. The molecule has 0 spiro atoms. The zero-order chi connectivity index (χ0) is 19.1. The van der Waals surface area contributed by atoms with E-state index in [-0.39, 0.29) is 0 Å². The molecule has 1 unspecified atom stereocenters. The van der Waals surface area contributed by atoms with E-state index in [0.717, 1.165) is 43.2 Å². The fourth-order valence-electron chi connectivity index (χ4n) is 3.84. The number of fused-ring (bicyclic) bond motifs is 1. The third kappa shape index (κ3) is 3.16. The summed E-state index contributed by atoms with van der Waals surface area (Å²) in [6.07, 6.45) is 3.45. The van der Waals surface area contributed by atoms with E-state index in [0.29, 0.717) is 19.3 Å². The van der Waals surface area contributed by atoms with Crippen molar-refractivity contribution >= 4 is 27.5 Å². The minimum absolute atomic E-state index is 0.318. The summed E-state index contributed by atoms with van der Waals surface area (Å²) in [6.45, 7) is 6.58. The zero-order valence-electron chi connectivity index (χ0n) is 15.8. The maximum atomic E-state index is 10.3. The Morgan fingerprint density at radius 2 is 1.86 bits per heavy atom. The number of aliphatic hydroxyl groups is 1. The Kier molecular flexibility index (Phi) is 4.51. The summed E-state index contributed by atoms with van der Waals surface area (Å²) in [7, 11) is 0. The highest BCUT2D eigenvalue weighted by Gasteiger charge is 2.38. The first-order valence-corrected chi connectivity index (χ1v) is 10.5. The van der Waals surface area contributed by atoms with Gasteiger partial charge in [-0.1, -0.05) is 6.07 Å². The molecule has 2 fully saturated rings. The summed E-state index contributed by atoms with van der Waals surface area (Å²) in [5, 5.41) is 10.3. The van der Waals surface area contributed by atoms with E-state index in [1.165, 1.54) is 10.3 Å². The van der Waals surface area contributed by atoms with Gasteiger partial charge in [0.1, 0.15) is 5.60 Å². The Hall–Kier alpha value is -2.13. The normalized spacial score (nSPS) is 20.9. The lowest BCUT2D eigenvalue weighted by Crippen LogP contribution is -2.48. The van der Waals surface area contributed by atoms with Crippen LogP contribution in [0.2, 0.25) is 0 Å². The van der Waals surface area contributed by atoms with Crippen LogP contribution in [-0.4, -0.2) is 64.4 Å². The molecule has 2 aliphatic heterocycles. The molecular formula is C20H23N5O2S. The van der Waals surface area contributed by atoms with Gasteiger partial charge in [0, 0.05) is 50.2 Å². The number of thiazole rings is 1. The fraction of sp³-hybridized carbons (Fsp3) is 0.450. The second-order valence-corrected chi connectivity index (χ2v) is 8.46. The van der Waals surface area contributed by atoms with Gasteiger partial charge in [-0.2, -0.15) is 0 Å². The molecule has 4 heterocycles. The zero-order valence-corrected chi connectivity index (χ0v) is 16.6. The average molecular weight is 398 g/mol. The molecule has 28 heavy (non-hydrogen) atoms. The highest BCUT2D eigenvalue weighted by Crippen LogP contribution is 2.29. The van der Waals surface area contributed by atoms with Crippen LogP contribution in [-0.2, 0) is 10.3 Å². The predicted octanol–water partition coefficient (Wildman–Crippen LogP) is 2.19. The first-order valence-electron chi connectivity index (χ1n) is 9.57. The molecule has 0 amide bonds. The van der Waals surface area contributed by atoms with Crippen molar-refractivity contribution in [1.29, 1.82) is 0 Å². The summed E-state index contributed by atoms with van der Waals surface area (Å²) in [5.74, 6) is 0.726. The molecule has 146 valence electrons. The number of ether oxygens (including phenoxy) is 1. The van der Waals surface area contributed by atoms with Crippen LogP contribution >= 0.6 is 11.3 Å². The molecule has 3 aromatic rings. The van der Waals surface area contributed by atoms with Crippen molar-refractivity contribution in [2.24, 2.45) is 0 Å². The van der Waals surface area contributed by atoms with Crippen molar-refractivity contribution in [3.05, 3.63) is 47.2 Å². The molecule has 1 N–H and O–H groups in total. The molecule has 5 rings (SSSR count). The SMILES string of the molecule is CC(c1ccc2scnc2c1)N1CCN(c2ncc(C3(O)COC3)cn2)CC1. The van der Waals surface area contributed by atoms with Crippen molar-refractivity contribution in [2.45, 2.75) is 18.6 Å². The Morgan fingerprint density at radius 3 is 2.54 bits per heavy atom. The number of anilines is 1. The minimum Gasteiger partial charge on any atom is -0.380 e. The summed E-state index contributed by atoms with van der Waals surface area (Å²) < 4.78 is 6.34. The molecule has 8 heteroatoms. The second kappa shape index (κ2) is 7.04.